The van der Waals surface area contributed by atoms with Gasteiger partial charge in [0.25, 0.3) is 5.91 Å². The molecule has 156 valence electrons. The Morgan fingerprint density at radius 3 is 2.79 bits per heavy atom. The van der Waals surface area contributed by atoms with Crippen LogP contribution in [-0.2, 0) is 17.8 Å². The first kappa shape index (κ1) is 19.6. The molecule has 0 spiro atoms. The number of hydrogen-bond acceptors (Lipinski definition) is 6. The lowest BCUT2D eigenvalue weighted by Gasteiger charge is -2.24. The average molecular weight is 400 g/mol. The van der Waals surface area contributed by atoms with Gasteiger partial charge in [0.1, 0.15) is 6.04 Å². The van der Waals surface area contributed by atoms with Crippen molar-refractivity contribution < 1.29 is 14.1 Å². The van der Waals surface area contributed by atoms with Gasteiger partial charge in [-0.1, -0.05) is 19.0 Å². The second kappa shape index (κ2) is 7.96. The number of rotatable bonds is 7. The van der Waals surface area contributed by atoms with Crippen LogP contribution in [0.25, 0.3) is 0 Å². The average Bonchev–Trinajstić information content (AvgIpc) is 3.27. The van der Waals surface area contributed by atoms with Crippen LogP contribution in [0.15, 0.2) is 10.7 Å². The lowest BCUT2D eigenvalue weighted by Crippen LogP contribution is -2.35. The number of nitrogens with one attached hydrogen (secondary N) is 2. The molecule has 1 aliphatic carbocycles. The van der Waals surface area contributed by atoms with E-state index in [-0.39, 0.29) is 23.8 Å². The van der Waals surface area contributed by atoms with Crippen molar-refractivity contribution in [3.05, 3.63) is 29.2 Å². The molecule has 0 aromatic carbocycles. The number of nitrogens with zero attached hydrogens (tertiary/aromatic N) is 4. The second-order valence-electron chi connectivity index (χ2n) is 8.48. The van der Waals surface area contributed by atoms with Gasteiger partial charge in [0.05, 0.1) is 17.5 Å². The molecule has 1 fully saturated rings. The summed E-state index contributed by atoms with van der Waals surface area (Å²) in [4.78, 5) is 28.8. The van der Waals surface area contributed by atoms with Crippen molar-refractivity contribution in [1.82, 2.24) is 30.6 Å². The highest BCUT2D eigenvalue weighted by molar-refractivity contribution is 5.95. The fourth-order valence-electron chi connectivity index (χ4n) is 3.76. The van der Waals surface area contributed by atoms with Crippen LogP contribution in [0, 0.1) is 11.8 Å². The van der Waals surface area contributed by atoms with Gasteiger partial charge >= 0.3 is 0 Å². The number of hydrogen-bond donors (Lipinski definition) is 2. The molecule has 2 atom stereocenters. The molecular weight excluding hydrogens is 372 g/mol. The van der Waals surface area contributed by atoms with E-state index in [0.29, 0.717) is 36.3 Å². The van der Waals surface area contributed by atoms with Crippen LogP contribution in [0.4, 0.5) is 0 Å². The molecule has 4 rings (SSSR count). The van der Waals surface area contributed by atoms with Gasteiger partial charge < -0.3 is 15.2 Å². The summed E-state index contributed by atoms with van der Waals surface area (Å²) in [5.74, 6) is 1.78. The van der Waals surface area contributed by atoms with Gasteiger partial charge in [-0.25, -0.2) is 0 Å². The highest BCUT2D eigenvalue weighted by Crippen LogP contribution is 2.38. The molecule has 1 saturated carbocycles. The number of carbonyl (C=O) groups is 2. The molecule has 2 aromatic heterocycles. The van der Waals surface area contributed by atoms with E-state index in [2.05, 4.69) is 25.9 Å². The molecule has 29 heavy (non-hydrogen) atoms. The van der Waals surface area contributed by atoms with Gasteiger partial charge in [-0.05, 0) is 37.5 Å². The molecule has 0 bridgehead atoms. The molecule has 9 nitrogen and oxygen atoms in total. The van der Waals surface area contributed by atoms with E-state index in [9.17, 15) is 9.59 Å². The minimum absolute atomic E-state index is 0.0352. The monoisotopic (exact) mass is 400 g/mol. The molecule has 2 N–H and O–H groups in total. The Balaban J connectivity index is 1.47. The summed E-state index contributed by atoms with van der Waals surface area (Å²) in [6.45, 7) is 6.91. The Hall–Kier alpha value is -2.71. The van der Waals surface area contributed by atoms with Crippen LogP contribution in [0.1, 0.15) is 79.8 Å². The third-order valence-electron chi connectivity index (χ3n) is 5.68. The molecular formula is C20H28N6O3. The van der Waals surface area contributed by atoms with Crippen molar-refractivity contribution >= 4 is 11.8 Å². The van der Waals surface area contributed by atoms with Crippen LogP contribution >= 0.6 is 0 Å². The molecule has 0 unspecified atom stereocenters. The summed E-state index contributed by atoms with van der Waals surface area (Å²) in [5.41, 5.74) is 1.49. The zero-order valence-electron chi connectivity index (χ0n) is 17.1. The number of aromatic nitrogens is 4. The predicted octanol–water partition coefficient (Wildman–Crippen LogP) is 1.97. The van der Waals surface area contributed by atoms with Crippen molar-refractivity contribution in [3.8, 4) is 0 Å². The Labute approximate surface area is 169 Å². The Morgan fingerprint density at radius 2 is 2.10 bits per heavy atom. The molecule has 2 aromatic rings. The maximum Gasteiger partial charge on any atom is 0.255 e. The SMILES string of the molecule is CC(=O)NC[C@@H]1CCn2ncc(C(=O)N[C@H](c3nc(C4CC4)no3)C(C)C)c2C1. The highest BCUT2D eigenvalue weighted by atomic mass is 16.5. The van der Waals surface area contributed by atoms with Crippen LogP contribution in [0.2, 0.25) is 0 Å². The van der Waals surface area contributed by atoms with E-state index < -0.39 is 0 Å². The first-order valence-corrected chi connectivity index (χ1v) is 10.4. The van der Waals surface area contributed by atoms with Gasteiger partial charge in [0.15, 0.2) is 5.82 Å². The molecule has 3 heterocycles. The van der Waals surface area contributed by atoms with E-state index in [1.807, 2.05) is 18.5 Å². The molecule has 0 radical (unpaired) electrons. The molecule has 1 aliphatic heterocycles. The lowest BCUT2D eigenvalue weighted by atomic mass is 9.94. The van der Waals surface area contributed by atoms with Gasteiger partial charge in [-0.15, -0.1) is 0 Å². The maximum atomic E-state index is 13.1. The first-order chi connectivity index (χ1) is 13.9. The van der Waals surface area contributed by atoms with Crippen LogP contribution in [0.3, 0.4) is 0 Å². The van der Waals surface area contributed by atoms with Crippen molar-refractivity contribution in [1.29, 1.82) is 0 Å². The van der Waals surface area contributed by atoms with Gasteiger partial charge in [-0.3, -0.25) is 14.3 Å². The van der Waals surface area contributed by atoms with Crippen LogP contribution in [-0.4, -0.2) is 38.3 Å². The van der Waals surface area contributed by atoms with Crippen molar-refractivity contribution in [2.45, 2.75) is 65.0 Å². The number of aryl methyl sites for hydroxylation is 1. The van der Waals surface area contributed by atoms with Crippen molar-refractivity contribution in [2.24, 2.45) is 11.8 Å². The highest BCUT2D eigenvalue weighted by Gasteiger charge is 2.33. The Kier molecular flexibility index (Phi) is 5.38. The van der Waals surface area contributed by atoms with Crippen LogP contribution in [0.5, 0.6) is 0 Å². The largest absolute Gasteiger partial charge is 0.356 e. The van der Waals surface area contributed by atoms with E-state index in [1.165, 1.54) is 6.92 Å². The quantitative estimate of drug-likeness (QED) is 0.734. The second-order valence-corrected chi connectivity index (χ2v) is 8.48. The summed E-state index contributed by atoms with van der Waals surface area (Å²) < 4.78 is 7.35. The molecule has 0 saturated heterocycles. The minimum atomic E-state index is -0.350. The van der Waals surface area contributed by atoms with Gasteiger partial charge in [0, 0.05) is 25.9 Å². The zero-order valence-corrected chi connectivity index (χ0v) is 17.1. The van der Waals surface area contributed by atoms with Crippen molar-refractivity contribution in [2.75, 3.05) is 6.54 Å². The molecule has 2 amide bonds. The van der Waals surface area contributed by atoms with E-state index >= 15 is 0 Å². The summed E-state index contributed by atoms with van der Waals surface area (Å²) in [5, 5.41) is 14.4. The molecule has 2 aliphatic rings. The number of fused-ring (bicyclic) bond motifs is 1. The third kappa shape index (κ3) is 4.33. The Morgan fingerprint density at radius 1 is 1.31 bits per heavy atom. The maximum absolute atomic E-state index is 13.1. The van der Waals surface area contributed by atoms with E-state index in [0.717, 1.165) is 37.3 Å². The van der Waals surface area contributed by atoms with Crippen LogP contribution < -0.4 is 10.6 Å². The fraction of sp³-hybridized carbons (Fsp3) is 0.650. The normalized spacial score (nSPS) is 19.7. The fourth-order valence-corrected chi connectivity index (χ4v) is 3.76. The van der Waals surface area contributed by atoms with Crippen molar-refractivity contribution in [3.63, 3.8) is 0 Å². The third-order valence-corrected chi connectivity index (χ3v) is 5.68. The Bertz CT molecular complexity index is 898. The summed E-state index contributed by atoms with van der Waals surface area (Å²) in [6, 6.07) is -0.350. The zero-order chi connectivity index (χ0) is 20.5. The summed E-state index contributed by atoms with van der Waals surface area (Å²) in [6.07, 6.45) is 5.46. The minimum Gasteiger partial charge on any atom is -0.356 e. The smallest absolute Gasteiger partial charge is 0.255 e. The standard InChI is InChI=1S/C20H28N6O3/c1-11(2)17(20-24-18(25-29-20)14-4-5-14)23-19(28)15-10-22-26-7-6-13(8-16(15)26)9-21-12(3)27/h10-11,13-14,17H,4-9H2,1-3H3,(H,21,27)(H,23,28)/t13-,17+/m1/s1. The van der Waals surface area contributed by atoms with E-state index in [4.69, 9.17) is 4.52 Å². The summed E-state index contributed by atoms with van der Waals surface area (Å²) in [7, 11) is 0. The van der Waals surface area contributed by atoms with Gasteiger partial charge in [-0.2, -0.15) is 10.1 Å². The number of amides is 2. The molecule has 9 heteroatoms. The lowest BCUT2D eigenvalue weighted by molar-refractivity contribution is -0.119. The summed E-state index contributed by atoms with van der Waals surface area (Å²) >= 11 is 0. The number of carbonyl (C=O) groups excluding carboxylic acids is 2. The first-order valence-electron chi connectivity index (χ1n) is 10.4. The van der Waals surface area contributed by atoms with Gasteiger partial charge in [0.2, 0.25) is 11.8 Å². The van der Waals surface area contributed by atoms with E-state index in [1.54, 1.807) is 6.20 Å². The topological polar surface area (TPSA) is 115 Å². The predicted molar refractivity (Wildman–Crippen MR) is 104 cm³/mol.